The highest BCUT2D eigenvalue weighted by molar-refractivity contribution is 9.10. The Kier molecular flexibility index (Phi) is 3.39. The van der Waals surface area contributed by atoms with E-state index < -0.39 is 6.04 Å². The van der Waals surface area contributed by atoms with Crippen LogP contribution < -0.4 is 14.8 Å². The van der Waals surface area contributed by atoms with Crippen LogP contribution in [0.15, 0.2) is 16.6 Å². The Hall–Kier alpha value is -1.60. The highest BCUT2D eigenvalue weighted by Gasteiger charge is 2.35. The van der Waals surface area contributed by atoms with Gasteiger partial charge in [-0.15, -0.1) is 0 Å². The Morgan fingerprint density at radius 2 is 2.05 bits per heavy atom. The fraction of sp³-hybridized carbons (Fsp3) is 0.385. The first kappa shape index (κ1) is 13.4. The quantitative estimate of drug-likeness (QED) is 0.832. The lowest BCUT2D eigenvalue weighted by atomic mass is 10.1. The van der Waals surface area contributed by atoms with Gasteiger partial charge in [0.2, 0.25) is 18.6 Å². The number of nitrogens with zero attached hydrogens (tertiary/aromatic N) is 1. The minimum atomic E-state index is -0.454. The van der Waals surface area contributed by atoms with Crippen LogP contribution in [0.2, 0.25) is 0 Å². The molecule has 106 valence electrons. The number of carbonyl (C=O) groups is 2. The van der Waals surface area contributed by atoms with Gasteiger partial charge in [0.15, 0.2) is 11.5 Å². The second kappa shape index (κ2) is 5.06. The largest absolute Gasteiger partial charge is 0.454 e. The predicted octanol–water partition coefficient (Wildman–Crippen LogP) is 1.02. The lowest BCUT2D eigenvalue weighted by molar-refractivity contribution is -0.137. The summed E-state index contributed by atoms with van der Waals surface area (Å²) in [5.74, 6) is 1.05. The number of ether oxygens (including phenoxy) is 2. The number of rotatable bonds is 3. The molecule has 0 aliphatic carbocycles. The lowest BCUT2D eigenvalue weighted by Gasteiger charge is -2.12. The highest BCUT2D eigenvalue weighted by atomic mass is 79.9. The van der Waals surface area contributed by atoms with Gasteiger partial charge in [-0.25, -0.2) is 0 Å². The molecular formula is C13H13BrN2O4. The maximum absolute atomic E-state index is 11.8. The number of likely N-dealkylation sites (N-methyl/N-ethyl adjacent to an activating group) is 1. The molecule has 7 heteroatoms. The molecule has 0 saturated carbocycles. The molecule has 2 heterocycles. The summed E-state index contributed by atoms with van der Waals surface area (Å²) >= 11 is 3.46. The van der Waals surface area contributed by atoms with Crippen LogP contribution in [0.1, 0.15) is 12.0 Å². The van der Waals surface area contributed by atoms with Crippen LogP contribution >= 0.6 is 15.9 Å². The molecular weight excluding hydrogens is 328 g/mol. The van der Waals surface area contributed by atoms with Crippen molar-refractivity contribution in [3.05, 3.63) is 22.2 Å². The molecule has 1 atom stereocenters. The van der Waals surface area contributed by atoms with Crippen molar-refractivity contribution in [3.8, 4) is 11.5 Å². The molecule has 1 aromatic rings. The Morgan fingerprint density at radius 1 is 1.35 bits per heavy atom. The standard InChI is InChI=1S/C13H13BrN2O4/c1-16-12(17)4-9(13(16)18)15-5-7-2-10-11(3-8(7)14)20-6-19-10/h2-3,9,15H,4-6H2,1H3. The Bertz CT molecular complexity index is 590. The number of benzene rings is 1. The maximum atomic E-state index is 11.8. The van der Waals surface area contributed by atoms with Gasteiger partial charge in [-0.2, -0.15) is 0 Å². The van der Waals surface area contributed by atoms with E-state index in [-0.39, 0.29) is 25.0 Å². The minimum Gasteiger partial charge on any atom is -0.454 e. The van der Waals surface area contributed by atoms with E-state index in [1.54, 1.807) is 0 Å². The molecule has 1 unspecified atom stereocenters. The number of fused-ring (bicyclic) bond motifs is 1. The van der Waals surface area contributed by atoms with Gasteiger partial charge in [0.05, 0.1) is 12.5 Å². The average Bonchev–Trinajstić information content (AvgIpc) is 2.96. The monoisotopic (exact) mass is 340 g/mol. The fourth-order valence-corrected chi connectivity index (χ4v) is 2.71. The van der Waals surface area contributed by atoms with E-state index in [4.69, 9.17) is 9.47 Å². The zero-order valence-electron chi connectivity index (χ0n) is 10.8. The third-order valence-electron chi connectivity index (χ3n) is 3.46. The Balaban J connectivity index is 1.70. The van der Waals surface area contributed by atoms with Crippen LogP contribution in [0, 0.1) is 0 Å². The van der Waals surface area contributed by atoms with Crippen LogP contribution in [-0.4, -0.2) is 36.6 Å². The molecule has 0 aromatic heterocycles. The fourth-order valence-electron chi connectivity index (χ4n) is 2.24. The van der Waals surface area contributed by atoms with Crippen molar-refractivity contribution in [3.63, 3.8) is 0 Å². The van der Waals surface area contributed by atoms with E-state index in [1.165, 1.54) is 7.05 Å². The van der Waals surface area contributed by atoms with Gasteiger partial charge in [0.25, 0.3) is 0 Å². The van der Waals surface area contributed by atoms with Crippen LogP contribution in [0.4, 0.5) is 0 Å². The van der Waals surface area contributed by atoms with Crippen LogP contribution in [0.5, 0.6) is 11.5 Å². The number of halogens is 1. The molecule has 0 bridgehead atoms. The van der Waals surface area contributed by atoms with E-state index in [0.29, 0.717) is 18.0 Å². The van der Waals surface area contributed by atoms with Gasteiger partial charge in [-0.1, -0.05) is 15.9 Å². The number of imide groups is 1. The van der Waals surface area contributed by atoms with Gasteiger partial charge >= 0.3 is 0 Å². The first-order valence-electron chi connectivity index (χ1n) is 6.18. The molecule has 1 fully saturated rings. The van der Waals surface area contributed by atoms with Gasteiger partial charge in [-0.3, -0.25) is 14.5 Å². The second-order valence-corrected chi connectivity index (χ2v) is 5.58. The molecule has 2 amide bonds. The van der Waals surface area contributed by atoms with Crippen LogP contribution in [-0.2, 0) is 16.1 Å². The number of carbonyl (C=O) groups excluding carboxylic acids is 2. The summed E-state index contributed by atoms with van der Waals surface area (Å²) in [6.45, 7) is 0.688. The van der Waals surface area contributed by atoms with Gasteiger partial charge in [-0.05, 0) is 17.7 Å². The zero-order chi connectivity index (χ0) is 14.3. The van der Waals surface area contributed by atoms with E-state index in [0.717, 1.165) is 14.9 Å². The number of amides is 2. The zero-order valence-corrected chi connectivity index (χ0v) is 12.4. The van der Waals surface area contributed by atoms with Crippen molar-refractivity contribution >= 4 is 27.7 Å². The van der Waals surface area contributed by atoms with Crippen molar-refractivity contribution in [2.75, 3.05) is 13.8 Å². The molecule has 2 aliphatic heterocycles. The average molecular weight is 341 g/mol. The lowest BCUT2D eigenvalue weighted by Crippen LogP contribution is -2.36. The highest BCUT2D eigenvalue weighted by Crippen LogP contribution is 2.36. The van der Waals surface area contributed by atoms with Crippen molar-refractivity contribution in [1.82, 2.24) is 10.2 Å². The smallest absolute Gasteiger partial charge is 0.246 e. The Labute approximate surface area is 124 Å². The third-order valence-corrected chi connectivity index (χ3v) is 4.20. The first-order valence-corrected chi connectivity index (χ1v) is 6.97. The molecule has 1 saturated heterocycles. The SMILES string of the molecule is CN1C(=O)CC(NCc2cc3c(cc2Br)OCO3)C1=O. The van der Waals surface area contributed by atoms with Crippen LogP contribution in [0.25, 0.3) is 0 Å². The summed E-state index contributed by atoms with van der Waals surface area (Å²) in [6, 6.07) is 3.25. The molecule has 0 spiro atoms. The third kappa shape index (κ3) is 2.27. The van der Waals surface area contributed by atoms with E-state index in [9.17, 15) is 9.59 Å². The van der Waals surface area contributed by atoms with E-state index in [2.05, 4.69) is 21.2 Å². The predicted molar refractivity (Wildman–Crippen MR) is 73.3 cm³/mol. The van der Waals surface area contributed by atoms with Crippen molar-refractivity contribution in [2.24, 2.45) is 0 Å². The summed E-state index contributed by atoms with van der Waals surface area (Å²) in [7, 11) is 1.50. The van der Waals surface area contributed by atoms with Gasteiger partial charge < -0.3 is 14.8 Å². The van der Waals surface area contributed by atoms with Gasteiger partial charge in [0, 0.05) is 18.1 Å². The number of nitrogens with one attached hydrogen (secondary N) is 1. The molecule has 2 aliphatic rings. The molecule has 1 N–H and O–H groups in total. The molecule has 1 aromatic carbocycles. The van der Waals surface area contributed by atoms with E-state index >= 15 is 0 Å². The summed E-state index contributed by atoms with van der Waals surface area (Å²) in [6.07, 6.45) is 0.206. The first-order chi connectivity index (χ1) is 9.56. The summed E-state index contributed by atoms with van der Waals surface area (Å²) in [4.78, 5) is 24.4. The van der Waals surface area contributed by atoms with Crippen molar-refractivity contribution in [1.29, 1.82) is 0 Å². The number of likely N-dealkylation sites (tertiary alicyclic amines) is 1. The molecule has 6 nitrogen and oxygen atoms in total. The van der Waals surface area contributed by atoms with E-state index in [1.807, 2.05) is 12.1 Å². The maximum Gasteiger partial charge on any atom is 0.246 e. The second-order valence-electron chi connectivity index (χ2n) is 4.73. The minimum absolute atomic E-state index is 0.155. The molecule has 0 radical (unpaired) electrons. The summed E-state index contributed by atoms with van der Waals surface area (Å²) in [5.41, 5.74) is 0.948. The number of hydrogen-bond acceptors (Lipinski definition) is 5. The summed E-state index contributed by atoms with van der Waals surface area (Å²) in [5, 5.41) is 3.10. The molecule has 3 rings (SSSR count). The molecule has 20 heavy (non-hydrogen) atoms. The summed E-state index contributed by atoms with van der Waals surface area (Å²) < 4.78 is 11.5. The number of hydrogen-bond donors (Lipinski definition) is 1. The van der Waals surface area contributed by atoms with Crippen molar-refractivity contribution < 1.29 is 19.1 Å². The van der Waals surface area contributed by atoms with Crippen molar-refractivity contribution in [2.45, 2.75) is 19.0 Å². The van der Waals surface area contributed by atoms with Crippen LogP contribution in [0.3, 0.4) is 0 Å². The Morgan fingerprint density at radius 3 is 2.70 bits per heavy atom. The normalized spacial score (nSPS) is 20.9. The topological polar surface area (TPSA) is 67.9 Å². The van der Waals surface area contributed by atoms with Gasteiger partial charge in [0.1, 0.15) is 0 Å².